The van der Waals surface area contributed by atoms with Crippen molar-refractivity contribution in [1.82, 2.24) is 5.17 Å². The quantitative estimate of drug-likeness (QED) is 0.312. The fraction of sp³-hybridized carbons (Fsp3) is 0.385. The van der Waals surface area contributed by atoms with Crippen molar-refractivity contribution < 1.29 is 22.6 Å². The second kappa shape index (κ2) is 9.22. The van der Waals surface area contributed by atoms with Crippen LogP contribution in [0.2, 0.25) is 0 Å². The third-order valence-electron chi connectivity index (χ3n) is 2.56. The summed E-state index contributed by atoms with van der Waals surface area (Å²) in [6.45, 7) is 0. The summed E-state index contributed by atoms with van der Waals surface area (Å²) < 4.78 is 29.9. The molecule has 8 heteroatoms. The molecule has 0 saturated heterocycles. The first kappa shape index (κ1) is 17.3. The second-order valence-electron chi connectivity index (χ2n) is 4.09. The van der Waals surface area contributed by atoms with Gasteiger partial charge in [0.15, 0.2) is 0 Å². The average Bonchev–Trinajstić information content (AvgIpc) is 2.46. The topological polar surface area (TPSA) is 91.3 Å². The summed E-state index contributed by atoms with van der Waals surface area (Å²) >= 11 is -2.69. The summed E-state index contributed by atoms with van der Waals surface area (Å²) in [5.41, 5.74) is 1.45. The minimum atomic E-state index is -2.69. The number of hydroxylamine groups is 1. The van der Waals surface area contributed by atoms with Crippen molar-refractivity contribution in [3.05, 3.63) is 35.9 Å². The van der Waals surface area contributed by atoms with Crippen molar-refractivity contribution in [3.8, 4) is 0 Å². The van der Waals surface area contributed by atoms with E-state index >= 15 is 0 Å². The van der Waals surface area contributed by atoms with Crippen LogP contribution >= 0.6 is 0 Å². The van der Waals surface area contributed by atoms with Crippen LogP contribution in [0.5, 0.6) is 0 Å². The Morgan fingerprint density at radius 1 is 1.33 bits per heavy atom. The first-order chi connectivity index (χ1) is 10.0. The number of hydrazone groups is 1. The van der Waals surface area contributed by atoms with E-state index in [4.69, 9.17) is 0 Å². The van der Waals surface area contributed by atoms with Crippen LogP contribution in [0.25, 0.3) is 0 Å². The molecule has 0 aliphatic heterocycles. The lowest BCUT2D eigenvalue weighted by molar-refractivity contribution is -0.140. The summed E-state index contributed by atoms with van der Waals surface area (Å²) in [6.07, 6.45) is 1.29. The van der Waals surface area contributed by atoms with Crippen LogP contribution in [0.15, 0.2) is 35.4 Å². The molecule has 1 rings (SSSR count). The molecule has 0 fully saturated rings. The molecule has 0 amide bonds. The van der Waals surface area contributed by atoms with E-state index in [0.29, 0.717) is 18.6 Å². The molecule has 0 radical (unpaired) electrons. The molecule has 0 spiro atoms. The Bertz CT molecular complexity index is 507. The maximum absolute atomic E-state index is 11.1. The number of benzene rings is 1. The van der Waals surface area contributed by atoms with E-state index in [0.717, 1.165) is 10.7 Å². The highest BCUT2D eigenvalue weighted by Gasteiger charge is 2.08. The molecule has 0 aliphatic carbocycles. The minimum absolute atomic E-state index is 0.264. The smallest absolute Gasteiger partial charge is 0.305 e. The van der Waals surface area contributed by atoms with Gasteiger partial charge in [-0.25, -0.2) is 4.21 Å². The Hall–Kier alpha value is -1.77. The summed E-state index contributed by atoms with van der Waals surface area (Å²) in [4.78, 5) is 11.1. The molecule has 0 saturated carbocycles. The lowest BCUT2D eigenvalue weighted by atomic mass is 10.0. The molecule has 0 N–H and O–H groups in total. The number of methoxy groups -OCH3 is 1. The largest absolute Gasteiger partial charge is 0.748 e. The minimum Gasteiger partial charge on any atom is -0.748 e. The maximum Gasteiger partial charge on any atom is 0.305 e. The van der Waals surface area contributed by atoms with E-state index in [1.54, 1.807) is 0 Å². The van der Waals surface area contributed by atoms with Crippen LogP contribution in [-0.2, 0) is 25.2 Å². The molecule has 0 aliphatic rings. The van der Waals surface area contributed by atoms with E-state index in [-0.39, 0.29) is 12.4 Å². The molecule has 1 atom stereocenters. The standard InChI is InChI=1S/C13H18N2O5S/c1-15(20-21(17)18)14-12(9-6-10-13(16)19-2)11-7-4-3-5-8-11/h3-5,7-8H,6,9-10H2,1-2H3,(H,17,18)/p-1. The third-order valence-corrected chi connectivity index (χ3v) is 2.90. The third kappa shape index (κ3) is 6.98. The van der Waals surface area contributed by atoms with Gasteiger partial charge in [0.05, 0.1) is 19.9 Å². The second-order valence-corrected chi connectivity index (χ2v) is 4.64. The number of esters is 1. The Kier molecular flexibility index (Phi) is 7.59. The van der Waals surface area contributed by atoms with Gasteiger partial charge in [-0.2, -0.15) is 14.6 Å². The van der Waals surface area contributed by atoms with Crippen LogP contribution in [0.1, 0.15) is 24.8 Å². The van der Waals surface area contributed by atoms with Gasteiger partial charge in [0.2, 0.25) is 0 Å². The van der Waals surface area contributed by atoms with Crippen LogP contribution in [0.4, 0.5) is 0 Å². The highest BCUT2D eigenvalue weighted by molar-refractivity contribution is 7.74. The zero-order valence-electron chi connectivity index (χ0n) is 11.9. The van der Waals surface area contributed by atoms with Crippen molar-refractivity contribution in [2.24, 2.45) is 5.10 Å². The van der Waals surface area contributed by atoms with Gasteiger partial charge in [0, 0.05) is 6.42 Å². The van der Waals surface area contributed by atoms with Gasteiger partial charge in [0.1, 0.15) is 11.4 Å². The van der Waals surface area contributed by atoms with Crippen LogP contribution in [0, 0.1) is 0 Å². The van der Waals surface area contributed by atoms with Gasteiger partial charge in [-0.15, -0.1) is 0 Å². The molecule has 1 aromatic rings. The molecular formula is C13H17N2O5S-. The van der Waals surface area contributed by atoms with Crippen molar-refractivity contribution in [2.45, 2.75) is 19.3 Å². The van der Waals surface area contributed by atoms with Gasteiger partial charge in [-0.3, -0.25) is 4.79 Å². The number of carbonyl (C=O) groups is 1. The van der Waals surface area contributed by atoms with E-state index in [2.05, 4.69) is 14.1 Å². The molecule has 0 heterocycles. The maximum atomic E-state index is 11.1. The van der Waals surface area contributed by atoms with Crippen molar-refractivity contribution in [2.75, 3.05) is 14.2 Å². The Morgan fingerprint density at radius 2 is 2.00 bits per heavy atom. The van der Waals surface area contributed by atoms with Crippen LogP contribution in [0.3, 0.4) is 0 Å². The molecule has 0 aromatic heterocycles. The molecule has 1 aromatic carbocycles. The SMILES string of the molecule is COC(=O)CCCC(=NN(C)OS(=O)[O-])c1ccccc1. The van der Waals surface area contributed by atoms with Crippen LogP contribution < -0.4 is 0 Å². The summed E-state index contributed by atoms with van der Waals surface area (Å²) in [6, 6.07) is 9.25. The lowest BCUT2D eigenvalue weighted by Crippen LogP contribution is -2.17. The lowest BCUT2D eigenvalue weighted by Gasteiger charge is -2.16. The fourth-order valence-electron chi connectivity index (χ4n) is 1.66. The molecule has 21 heavy (non-hydrogen) atoms. The number of hydrogen-bond donors (Lipinski definition) is 0. The first-order valence-corrected chi connectivity index (χ1v) is 7.24. The fourth-order valence-corrected chi connectivity index (χ4v) is 1.87. The average molecular weight is 313 g/mol. The monoisotopic (exact) mass is 313 g/mol. The van der Waals surface area contributed by atoms with Crippen molar-refractivity contribution in [1.29, 1.82) is 0 Å². The number of rotatable bonds is 8. The molecule has 0 bridgehead atoms. The predicted molar refractivity (Wildman–Crippen MR) is 76.6 cm³/mol. The zero-order valence-corrected chi connectivity index (χ0v) is 12.7. The summed E-state index contributed by atoms with van der Waals surface area (Å²) in [7, 11) is 2.71. The van der Waals surface area contributed by atoms with Gasteiger partial charge >= 0.3 is 5.97 Å². The van der Waals surface area contributed by atoms with Gasteiger partial charge in [0.25, 0.3) is 0 Å². The Labute approximate surface area is 126 Å². The summed E-state index contributed by atoms with van der Waals surface area (Å²) in [5.74, 6) is -0.298. The Balaban J connectivity index is 2.77. The van der Waals surface area contributed by atoms with Gasteiger partial charge in [-0.05, 0) is 18.4 Å². The van der Waals surface area contributed by atoms with E-state index in [1.165, 1.54) is 14.2 Å². The Morgan fingerprint density at radius 3 is 2.57 bits per heavy atom. The van der Waals surface area contributed by atoms with E-state index < -0.39 is 11.4 Å². The van der Waals surface area contributed by atoms with Gasteiger partial charge in [-0.1, -0.05) is 30.3 Å². The summed E-state index contributed by atoms with van der Waals surface area (Å²) in [5, 5.41) is 4.96. The normalized spacial score (nSPS) is 12.8. The number of hydrogen-bond acceptors (Lipinski definition) is 7. The number of ether oxygens (including phenoxy) is 1. The predicted octanol–water partition coefficient (Wildman–Crippen LogP) is 1.39. The highest BCUT2D eigenvalue weighted by atomic mass is 32.2. The molecule has 1 unspecified atom stereocenters. The van der Waals surface area contributed by atoms with Gasteiger partial charge < -0.3 is 9.29 Å². The van der Waals surface area contributed by atoms with E-state index in [1.807, 2.05) is 30.3 Å². The van der Waals surface area contributed by atoms with Crippen molar-refractivity contribution >= 4 is 23.0 Å². The number of nitrogens with zero attached hydrogens (tertiary/aromatic N) is 2. The molecule has 7 nitrogen and oxygen atoms in total. The van der Waals surface area contributed by atoms with E-state index in [9.17, 15) is 13.6 Å². The zero-order chi connectivity index (χ0) is 15.7. The highest BCUT2D eigenvalue weighted by Crippen LogP contribution is 2.10. The van der Waals surface area contributed by atoms with Crippen LogP contribution in [-0.4, -0.2) is 39.8 Å². The number of carbonyl (C=O) groups excluding carboxylic acids is 1. The first-order valence-electron chi connectivity index (χ1n) is 6.24. The van der Waals surface area contributed by atoms with Crippen molar-refractivity contribution in [3.63, 3.8) is 0 Å². The molecule has 116 valence electrons. The molecular weight excluding hydrogens is 296 g/mol.